The van der Waals surface area contributed by atoms with Crippen LogP contribution in [0.1, 0.15) is 53.9 Å². The molecule has 0 spiro atoms. The van der Waals surface area contributed by atoms with E-state index in [4.69, 9.17) is 9.73 Å². The second-order valence-electron chi connectivity index (χ2n) is 8.71. The SMILES string of the molecule is CCNC(=NCCCN(C(C)C)C(C)C)N1CCC(C(=O)N2CCOCC2)CC1.I. The van der Waals surface area contributed by atoms with Crippen molar-refractivity contribution in [1.82, 2.24) is 20.0 Å². The zero-order chi connectivity index (χ0) is 21.2. The van der Waals surface area contributed by atoms with Crippen molar-refractivity contribution in [3.05, 3.63) is 0 Å². The van der Waals surface area contributed by atoms with Gasteiger partial charge in [0.15, 0.2) is 5.96 Å². The Hall–Kier alpha value is -0.610. The smallest absolute Gasteiger partial charge is 0.225 e. The fraction of sp³-hybridized carbons (Fsp3) is 0.909. The lowest BCUT2D eigenvalue weighted by Crippen LogP contribution is -2.50. The third-order valence-corrected chi connectivity index (χ3v) is 5.96. The van der Waals surface area contributed by atoms with Gasteiger partial charge >= 0.3 is 0 Å². The lowest BCUT2D eigenvalue weighted by Gasteiger charge is -2.36. The molecule has 2 rings (SSSR count). The molecule has 0 aromatic carbocycles. The molecule has 2 saturated heterocycles. The van der Waals surface area contributed by atoms with E-state index >= 15 is 0 Å². The number of piperidine rings is 1. The number of amides is 1. The van der Waals surface area contributed by atoms with Crippen LogP contribution in [0.2, 0.25) is 0 Å². The van der Waals surface area contributed by atoms with Crippen LogP contribution < -0.4 is 5.32 Å². The summed E-state index contributed by atoms with van der Waals surface area (Å²) in [5.74, 6) is 1.47. The molecule has 2 fully saturated rings. The van der Waals surface area contributed by atoms with Gasteiger partial charge in [0.25, 0.3) is 0 Å². The van der Waals surface area contributed by atoms with Crippen molar-refractivity contribution in [3.8, 4) is 0 Å². The van der Waals surface area contributed by atoms with Crippen molar-refractivity contribution in [2.24, 2.45) is 10.9 Å². The number of hydrogen-bond donors (Lipinski definition) is 1. The Kier molecular flexibility index (Phi) is 13.2. The van der Waals surface area contributed by atoms with Crippen LogP contribution in [0.15, 0.2) is 4.99 Å². The molecule has 1 amide bonds. The van der Waals surface area contributed by atoms with E-state index < -0.39 is 0 Å². The van der Waals surface area contributed by atoms with Gasteiger partial charge in [-0.25, -0.2) is 0 Å². The van der Waals surface area contributed by atoms with Gasteiger partial charge in [-0.2, -0.15) is 0 Å². The lowest BCUT2D eigenvalue weighted by molar-refractivity contribution is -0.140. The molecule has 0 aromatic heterocycles. The number of ether oxygens (including phenoxy) is 1. The highest BCUT2D eigenvalue weighted by Gasteiger charge is 2.30. The molecule has 0 aromatic rings. The molecule has 2 aliphatic heterocycles. The van der Waals surface area contributed by atoms with Gasteiger partial charge in [-0.1, -0.05) is 0 Å². The van der Waals surface area contributed by atoms with Gasteiger partial charge in [-0.05, 0) is 53.9 Å². The molecule has 0 bridgehead atoms. The van der Waals surface area contributed by atoms with Crippen LogP contribution in [0.3, 0.4) is 0 Å². The highest BCUT2D eigenvalue weighted by atomic mass is 127. The Balaban J connectivity index is 0.00000450. The minimum Gasteiger partial charge on any atom is -0.378 e. The summed E-state index contributed by atoms with van der Waals surface area (Å²) in [5, 5.41) is 3.44. The molecule has 7 nitrogen and oxygen atoms in total. The van der Waals surface area contributed by atoms with Gasteiger partial charge in [0.05, 0.1) is 13.2 Å². The number of aliphatic imine (C=N–C) groups is 1. The average Bonchev–Trinajstić information content (AvgIpc) is 2.72. The summed E-state index contributed by atoms with van der Waals surface area (Å²) >= 11 is 0. The minimum absolute atomic E-state index is 0. The molecule has 2 heterocycles. The van der Waals surface area contributed by atoms with Crippen LogP contribution in [0, 0.1) is 5.92 Å². The monoisotopic (exact) mass is 537 g/mol. The molecule has 0 saturated carbocycles. The Bertz CT molecular complexity index is 508. The van der Waals surface area contributed by atoms with E-state index in [9.17, 15) is 4.79 Å². The van der Waals surface area contributed by atoms with Gasteiger partial charge in [-0.15, -0.1) is 24.0 Å². The summed E-state index contributed by atoms with van der Waals surface area (Å²) in [6.45, 7) is 18.6. The Morgan fingerprint density at radius 1 is 1.07 bits per heavy atom. The van der Waals surface area contributed by atoms with Gasteiger partial charge < -0.3 is 19.9 Å². The topological polar surface area (TPSA) is 60.4 Å². The zero-order valence-electron chi connectivity index (χ0n) is 19.7. The van der Waals surface area contributed by atoms with Crippen LogP contribution in [0.5, 0.6) is 0 Å². The van der Waals surface area contributed by atoms with E-state index in [-0.39, 0.29) is 29.9 Å². The molecule has 0 unspecified atom stereocenters. The number of likely N-dealkylation sites (tertiary alicyclic amines) is 1. The second kappa shape index (κ2) is 14.5. The van der Waals surface area contributed by atoms with E-state index in [1.54, 1.807) is 0 Å². The summed E-state index contributed by atoms with van der Waals surface area (Å²) in [5.41, 5.74) is 0. The van der Waals surface area contributed by atoms with Crippen molar-refractivity contribution in [2.45, 2.75) is 66.0 Å². The quantitative estimate of drug-likeness (QED) is 0.223. The maximum absolute atomic E-state index is 12.7. The van der Waals surface area contributed by atoms with Crippen molar-refractivity contribution in [1.29, 1.82) is 0 Å². The summed E-state index contributed by atoms with van der Waals surface area (Å²) in [6.07, 6.45) is 2.89. The van der Waals surface area contributed by atoms with Crippen molar-refractivity contribution in [3.63, 3.8) is 0 Å². The molecule has 8 heteroatoms. The first-order valence-electron chi connectivity index (χ1n) is 11.6. The number of guanidine groups is 1. The maximum atomic E-state index is 12.7. The number of halogens is 1. The predicted molar refractivity (Wildman–Crippen MR) is 135 cm³/mol. The molecule has 30 heavy (non-hydrogen) atoms. The Morgan fingerprint density at radius 2 is 1.67 bits per heavy atom. The normalized spacial score (nSPS) is 18.9. The Morgan fingerprint density at radius 3 is 2.20 bits per heavy atom. The number of carbonyl (C=O) groups excluding carboxylic acids is 1. The highest BCUT2D eigenvalue weighted by molar-refractivity contribution is 14.0. The van der Waals surface area contributed by atoms with Crippen molar-refractivity contribution in [2.75, 3.05) is 59.0 Å². The number of nitrogens with zero attached hydrogens (tertiary/aromatic N) is 4. The standard InChI is InChI=1S/C22H43N5O2.HI/c1-6-23-22(24-10-7-11-27(18(2)3)19(4)5)26-12-8-20(9-13-26)21(28)25-14-16-29-17-15-25;/h18-20H,6-17H2,1-5H3,(H,23,24);1H. The lowest BCUT2D eigenvalue weighted by atomic mass is 9.95. The fourth-order valence-electron chi connectivity index (χ4n) is 4.36. The summed E-state index contributed by atoms with van der Waals surface area (Å²) in [6, 6.07) is 1.13. The largest absolute Gasteiger partial charge is 0.378 e. The minimum atomic E-state index is 0. The van der Waals surface area contributed by atoms with Gasteiger partial charge in [-0.3, -0.25) is 14.7 Å². The first-order chi connectivity index (χ1) is 13.9. The summed E-state index contributed by atoms with van der Waals surface area (Å²) in [4.78, 5) is 24.5. The second-order valence-corrected chi connectivity index (χ2v) is 8.71. The highest BCUT2D eigenvalue weighted by Crippen LogP contribution is 2.20. The van der Waals surface area contributed by atoms with E-state index in [1.165, 1.54) is 0 Å². The fourth-order valence-corrected chi connectivity index (χ4v) is 4.36. The molecular weight excluding hydrogens is 493 g/mol. The number of rotatable bonds is 8. The van der Waals surface area contributed by atoms with E-state index in [0.717, 1.165) is 71.0 Å². The van der Waals surface area contributed by atoms with Crippen molar-refractivity contribution < 1.29 is 9.53 Å². The third-order valence-electron chi connectivity index (χ3n) is 5.96. The molecule has 0 atom stereocenters. The molecule has 2 aliphatic rings. The Labute approximate surface area is 201 Å². The number of hydrogen-bond acceptors (Lipinski definition) is 4. The van der Waals surface area contributed by atoms with Crippen LogP contribution in [0.4, 0.5) is 0 Å². The van der Waals surface area contributed by atoms with E-state index in [2.05, 4.69) is 49.7 Å². The zero-order valence-corrected chi connectivity index (χ0v) is 22.1. The first-order valence-corrected chi connectivity index (χ1v) is 11.6. The van der Waals surface area contributed by atoms with Crippen LogP contribution in [-0.4, -0.2) is 97.7 Å². The summed E-state index contributed by atoms with van der Waals surface area (Å²) in [7, 11) is 0. The molecular formula is C22H44IN5O2. The number of nitrogens with one attached hydrogen (secondary N) is 1. The van der Waals surface area contributed by atoms with Crippen molar-refractivity contribution >= 4 is 35.8 Å². The van der Waals surface area contributed by atoms with E-state index in [0.29, 0.717) is 31.2 Å². The van der Waals surface area contributed by atoms with Gasteiger partial charge in [0, 0.05) is 63.8 Å². The average molecular weight is 538 g/mol. The third kappa shape index (κ3) is 8.49. The molecule has 0 aliphatic carbocycles. The number of morpholine rings is 1. The van der Waals surface area contributed by atoms with Crippen LogP contribution in [0.25, 0.3) is 0 Å². The predicted octanol–water partition coefficient (Wildman–Crippen LogP) is 2.65. The van der Waals surface area contributed by atoms with Crippen LogP contribution in [-0.2, 0) is 9.53 Å². The maximum Gasteiger partial charge on any atom is 0.225 e. The molecule has 0 radical (unpaired) electrons. The van der Waals surface area contributed by atoms with Crippen LogP contribution >= 0.6 is 24.0 Å². The summed E-state index contributed by atoms with van der Waals surface area (Å²) < 4.78 is 5.37. The molecule has 176 valence electrons. The number of carbonyl (C=O) groups is 1. The van der Waals surface area contributed by atoms with Gasteiger partial charge in [0.2, 0.25) is 5.91 Å². The molecule has 1 N–H and O–H groups in total. The van der Waals surface area contributed by atoms with Gasteiger partial charge in [0.1, 0.15) is 0 Å². The first kappa shape index (κ1) is 27.4. The van der Waals surface area contributed by atoms with E-state index in [1.807, 2.05) is 4.90 Å².